The zero-order valence-corrected chi connectivity index (χ0v) is 12.4. The summed E-state index contributed by atoms with van der Waals surface area (Å²) in [5.41, 5.74) is 7.67. The predicted octanol–water partition coefficient (Wildman–Crippen LogP) is 3.05. The van der Waals surface area contributed by atoms with Crippen LogP contribution in [0.4, 0.5) is 10.1 Å². The number of halogens is 1. The predicted molar refractivity (Wildman–Crippen MR) is 82.5 cm³/mol. The zero-order chi connectivity index (χ0) is 13.7. The van der Waals surface area contributed by atoms with Gasteiger partial charge in [-0.15, -0.1) is 0 Å². The summed E-state index contributed by atoms with van der Waals surface area (Å²) in [5.74, 6) is 2.16. The van der Waals surface area contributed by atoms with E-state index in [-0.39, 0.29) is 11.9 Å². The van der Waals surface area contributed by atoms with Gasteiger partial charge in [-0.25, -0.2) is 4.39 Å². The van der Waals surface area contributed by atoms with Gasteiger partial charge in [-0.1, -0.05) is 13.0 Å². The first-order valence-corrected chi connectivity index (χ1v) is 8.23. The minimum Gasteiger partial charge on any atom is -0.368 e. The summed E-state index contributed by atoms with van der Waals surface area (Å²) in [5, 5.41) is 0. The highest BCUT2D eigenvalue weighted by Crippen LogP contribution is 2.24. The van der Waals surface area contributed by atoms with Gasteiger partial charge in [-0.05, 0) is 42.7 Å². The molecule has 1 saturated heterocycles. The number of benzene rings is 1. The van der Waals surface area contributed by atoms with Crippen LogP contribution in [0.15, 0.2) is 18.2 Å². The summed E-state index contributed by atoms with van der Waals surface area (Å²) < 4.78 is 14.2. The number of nitrogens with zero attached hydrogens (tertiary/aromatic N) is 1. The topological polar surface area (TPSA) is 29.3 Å². The van der Waals surface area contributed by atoms with Gasteiger partial charge in [-0.3, -0.25) is 0 Å². The normalized spacial score (nSPS) is 18.2. The number of anilines is 1. The van der Waals surface area contributed by atoms with Crippen molar-refractivity contribution in [3.05, 3.63) is 29.6 Å². The molecule has 106 valence electrons. The monoisotopic (exact) mass is 282 g/mol. The molecule has 0 amide bonds. The third kappa shape index (κ3) is 4.11. The fraction of sp³-hybridized carbons (Fsp3) is 0.600. The van der Waals surface area contributed by atoms with Crippen molar-refractivity contribution in [1.29, 1.82) is 0 Å². The summed E-state index contributed by atoms with van der Waals surface area (Å²) in [7, 11) is 0. The third-order valence-corrected chi connectivity index (χ3v) is 4.65. The molecule has 0 aromatic heterocycles. The number of thioether (sulfide) groups is 1. The summed E-state index contributed by atoms with van der Waals surface area (Å²) in [6.45, 7) is 3.96. The van der Waals surface area contributed by atoms with Crippen LogP contribution < -0.4 is 10.6 Å². The number of hydrogen-bond acceptors (Lipinski definition) is 3. The number of rotatable bonds is 4. The maximum absolute atomic E-state index is 14.2. The quantitative estimate of drug-likeness (QED) is 0.920. The lowest BCUT2D eigenvalue weighted by molar-refractivity contribution is 0.607. The third-order valence-electron chi connectivity index (χ3n) is 3.60. The van der Waals surface area contributed by atoms with Gasteiger partial charge in [0.2, 0.25) is 0 Å². The van der Waals surface area contributed by atoms with Crippen molar-refractivity contribution in [1.82, 2.24) is 0 Å². The van der Waals surface area contributed by atoms with Crippen molar-refractivity contribution in [2.24, 2.45) is 5.73 Å². The fourth-order valence-corrected chi connectivity index (χ4v) is 3.25. The van der Waals surface area contributed by atoms with Crippen LogP contribution in [-0.4, -0.2) is 30.6 Å². The standard InChI is InChI=1S/C15H23FN2S/c1-2-13(17)10-12-4-5-15(14(16)11-12)18-6-3-8-19-9-7-18/h4-5,11,13H,2-3,6-10,17H2,1H3. The molecule has 0 bridgehead atoms. The van der Waals surface area contributed by atoms with E-state index < -0.39 is 0 Å². The molecule has 0 saturated carbocycles. The Morgan fingerprint density at radius 1 is 1.37 bits per heavy atom. The molecule has 1 aliphatic rings. The van der Waals surface area contributed by atoms with Crippen molar-refractivity contribution in [2.75, 3.05) is 29.5 Å². The first kappa shape index (κ1) is 14.7. The first-order valence-electron chi connectivity index (χ1n) is 7.07. The van der Waals surface area contributed by atoms with Crippen molar-refractivity contribution < 1.29 is 4.39 Å². The van der Waals surface area contributed by atoms with E-state index in [1.165, 1.54) is 5.75 Å². The molecule has 0 spiro atoms. The van der Waals surface area contributed by atoms with Gasteiger partial charge in [-0.2, -0.15) is 11.8 Å². The molecule has 1 aromatic carbocycles. The van der Waals surface area contributed by atoms with Crippen LogP contribution in [0.3, 0.4) is 0 Å². The Morgan fingerprint density at radius 2 is 2.21 bits per heavy atom. The maximum Gasteiger partial charge on any atom is 0.146 e. The van der Waals surface area contributed by atoms with E-state index in [0.717, 1.165) is 49.4 Å². The van der Waals surface area contributed by atoms with Crippen molar-refractivity contribution in [2.45, 2.75) is 32.2 Å². The van der Waals surface area contributed by atoms with Crippen LogP contribution in [0.25, 0.3) is 0 Å². The van der Waals surface area contributed by atoms with Gasteiger partial charge in [0.05, 0.1) is 5.69 Å². The highest BCUT2D eigenvalue weighted by molar-refractivity contribution is 7.99. The molecule has 2 nitrogen and oxygen atoms in total. The van der Waals surface area contributed by atoms with Crippen LogP contribution in [-0.2, 0) is 6.42 Å². The number of hydrogen-bond donors (Lipinski definition) is 1. The molecule has 2 rings (SSSR count). The van der Waals surface area contributed by atoms with E-state index >= 15 is 0 Å². The Labute approximate surface area is 119 Å². The SMILES string of the molecule is CCC(N)Cc1ccc(N2CCCSCC2)c(F)c1. The van der Waals surface area contributed by atoms with Gasteiger partial charge >= 0.3 is 0 Å². The Morgan fingerprint density at radius 3 is 2.95 bits per heavy atom. The van der Waals surface area contributed by atoms with Gasteiger partial charge in [0.25, 0.3) is 0 Å². The second-order valence-corrected chi connectivity index (χ2v) is 6.34. The van der Waals surface area contributed by atoms with Crippen LogP contribution in [0, 0.1) is 5.82 Å². The second kappa shape index (κ2) is 7.15. The smallest absolute Gasteiger partial charge is 0.146 e. The van der Waals surface area contributed by atoms with Gasteiger partial charge in [0.1, 0.15) is 5.82 Å². The minimum atomic E-state index is -0.104. The van der Waals surface area contributed by atoms with E-state index in [2.05, 4.69) is 11.8 Å². The molecule has 0 aliphatic carbocycles. The van der Waals surface area contributed by atoms with E-state index in [9.17, 15) is 4.39 Å². The lowest BCUT2D eigenvalue weighted by atomic mass is 10.0. The number of nitrogens with two attached hydrogens (primary N) is 1. The van der Waals surface area contributed by atoms with Crippen LogP contribution in [0.2, 0.25) is 0 Å². The second-order valence-electron chi connectivity index (χ2n) is 5.11. The van der Waals surface area contributed by atoms with E-state index in [4.69, 9.17) is 5.73 Å². The summed E-state index contributed by atoms with van der Waals surface area (Å²) in [6, 6.07) is 5.72. The maximum atomic E-state index is 14.2. The highest BCUT2D eigenvalue weighted by atomic mass is 32.2. The lowest BCUT2D eigenvalue weighted by Gasteiger charge is -2.23. The molecule has 1 aromatic rings. The highest BCUT2D eigenvalue weighted by Gasteiger charge is 2.14. The Kier molecular flexibility index (Phi) is 5.52. The molecule has 1 unspecified atom stereocenters. The van der Waals surface area contributed by atoms with Crippen molar-refractivity contribution >= 4 is 17.4 Å². The van der Waals surface area contributed by atoms with E-state index in [1.54, 1.807) is 6.07 Å². The Bertz CT molecular complexity index is 403. The average Bonchev–Trinajstić information content (AvgIpc) is 2.67. The Balaban J connectivity index is 2.09. The van der Waals surface area contributed by atoms with E-state index in [0.29, 0.717) is 0 Å². The van der Waals surface area contributed by atoms with Crippen LogP contribution in [0.5, 0.6) is 0 Å². The Hall–Kier alpha value is -0.740. The largest absolute Gasteiger partial charge is 0.368 e. The first-order chi connectivity index (χ1) is 9.20. The van der Waals surface area contributed by atoms with Crippen LogP contribution in [0.1, 0.15) is 25.3 Å². The lowest BCUT2D eigenvalue weighted by Crippen LogP contribution is -2.26. The zero-order valence-electron chi connectivity index (χ0n) is 11.6. The average molecular weight is 282 g/mol. The van der Waals surface area contributed by atoms with Crippen molar-refractivity contribution in [3.63, 3.8) is 0 Å². The molecule has 1 heterocycles. The molecule has 19 heavy (non-hydrogen) atoms. The fourth-order valence-electron chi connectivity index (χ4n) is 2.37. The molecule has 1 aliphatic heterocycles. The van der Waals surface area contributed by atoms with Gasteiger partial charge in [0, 0.05) is 24.9 Å². The molecule has 1 fully saturated rings. The van der Waals surface area contributed by atoms with Crippen LogP contribution >= 0.6 is 11.8 Å². The summed E-state index contributed by atoms with van der Waals surface area (Å²) in [4.78, 5) is 2.17. The molecule has 2 N–H and O–H groups in total. The molecule has 1 atom stereocenters. The van der Waals surface area contributed by atoms with E-state index in [1.807, 2.05) is 23.9 Å². The van der Waals surface area contributed by atoms with Gasteiger partial charge < -0.3 is 10.6 Å². The molecular weight excluding hydrogens is 259 g/mol. The summed E-state index contributed by atoms with van der Waals surface area (Å²) >= 11 is 1.95. The molecule has 4 heteroatoms. The van der Waals surface area contributed by atoms with Crippen molar-refractivity contribution in [3.8, 4) is 0 Å². The molecule has 0 radical (unpaired) electrons. The summed E-state index contributed by atoms with van der Waals surface area (Å²) in [6.07, 6.45) is 2.81. The molecular formula is C15H23FN2S. The minimum absolute atomic E-state index is 0.104. The van der Waals surface area contributed by atoms with Gasteiger partial charge in [0.15, 0.2) is 0 Å².